The highest BCUT2D eigenvalue weighted by atomic mass is 35.5. The van der Waals surface area contributed by atoms with Gasteiger partial charge in [0.2, 0.25) is 0 Å². The summed E-state index contributed by atoms with van der Waals surface area (Å²) in [6.07, 6.45) is 7.37. The van der Waals surface area contributed by atoms with Gasteiger partial charge in [-0.15, -0.1) is 0 Å². The number of halogens is 1. The van der Waals surface area contributed by atoms with Gasteiger partial charge in [0, 0.05) is 17.1 Å². The number of nitrogens with zero attached hydrogens (tertiary/aromatic N) is 1. The molecule has 0 unspecified atom stereocenters. The van der Waals surface area contributed by atoms with Crippen LogP contribution < -0.4 is 4.74 Å². The average molecular weight is 340 g/mol. The lowest BCUT2D eigenvalue weighted by Gasteiger charge is -2.16. The minimum atomic E-state index is 0.753. The lowest BCUT2D eigenvalue weighted by molar-refractivity contribution is 0.309. The normalized spacial score (nSPS) is 13.7. The van der Waals surface area contributed by atoms with E-state index in [1.54, 1.807) is 0 Å². The monoisotopic (exact) mass is 339 g/mol. The molecule has 0 atom stereocenters. The second-order valence-corrected chi connectivity index (χ2v) is 6.36. The Hall–Kier alpha value is -2.06. The third kappa shape index (κ3) is 4.27. The van der Waals surface area contributed by atoms with Gasteiger partial charge in [0.25, 0.3) is 0 Å². The SMILES string of the molecule is CCCCOc1ccc2c(c1)CCN=C2/C=C/c1ccc(Cl)cc1. The third-order valence-corrected chi connectivity index (χ3v) is 4.34. The molecule has 2 aromatic rings. The summed E-state index contributed by atoms with van der Waals surface area (Å²) in [6.45, 7) is 3.78. The quantitative estimate of drug-likeness (QED) is 0.630. The molecule has 1 aliphatic rings. The van der Waals surface area contributed by atoms with E-state index in [2.05, 4.69) is 36.2 Å². The van der Waals surface area contributed by atoms with Crippen molar-refractivity contribution in [1.82, 2.24) is 0 Å². The Bertz CT molecular complexity index is 747. The Morgan fingerprint density at radius 1 is 1.12 bits per heavy atom. The minimum absolute atomic E-state index is 0.753. The topological polar surface area (TPSA) is 21.6 Å². The predicted octanol–water partition coefficient (Wildman–Crippen LogP) is 5.58. The maximum atomic E-state index is 5.93. The summed E-state index contributed by atoms with van der Waals surface area (Å²) >= 11 is 5.93. The van der Waals surface area contributed by atoms with Crippen LogP contribution >= 0.6 is 11.6 Å². The molecule has 1 aliphatic heterocycles. The highest BCUT2D eigenvalue weighted by molar-refractivity contribution is 6.30. The van der Waals surface area contributed by atoms with Gasteiger partial charge in [-0.3, -0.25) is 4.99 Å². The summed E-state index contributed by atoms with van der Waals surface area (Å²) in [5.74, 6) is 0.963. The first-order chi connectivity index (χ1) is 11.8. The number of fused-ring (bicyclic) bond motifs is 1. The molecular formula is C21H22ClNO. The fourth-order valence-electron chi connectivity index (χ4n) is 2.72. The van der Waals surface area contributed by atoms with Crippen LogP contribution in [0.4, 0.5) is 0 Å². The average Bonchev–Trinajstić information content (AvgIpc) is 2.61. The highest BCUT2D eigenvalue weighted by Crippen LogP contribution is 2.23. The van der Waals surface area contributed by atoms with Crippen molar-refractivity contribution in [2.45, 2.75) is 26.2 Å². The zero-order valence-electron chi connectivity index (χ0n) is 14.0. The van der Waals surface area contributed by atoms with Crippen molar-refractivity contribution in [2.24, 2.45) is 4.99 Å². The first kappa shape index (κ1) is 16.8. The van der Waals surface area contributed by atoms with Gasteiger partial charge in [0.15, 0.2) is 0 Å². The number of aliphatic imine (C=N–C) groups is 1. The molecule has 0 bridgehead atoms. The Morgan fingerprint density at radius 3 is 2.75 bits per heavy atom. The van der Waals surface area contributed by atoms with E-state index in [-0.39, 0.29) is 0 Å². The standard InChI is InChI=1S/C21H22ClNO/c1-2-3-14-24-19-9-10-20-17(15-19)12-13-23-21(20)11-6-16-4-7-18(22)8-5-16/h4-11,15H,2-3,12-14H2,1H3/b11-6+. The van der Waals surface area contributed by atoms with Crippen LogP contribution in [0, 0.1) is 0 Å². The lowest BCUT2D eigenvalue weighted by Crippen LogP contribution is -2.11. The molecule has 0 aliphatic carbocycles. The molecule has 1 heterocycles. The molecule has 124 valence electrons. The molecular weight excluding hydrogens is 318 g/mol. The Balaban J connectivity index is 1.75. The number of allylic oxidation sites excluding steroid dienone is 1. The van der Waals surface area contributed by atoms with Gasteiger partial charge in [0.1, 0.15) is 5.75 Å². The van der Waals surface area contributed by atoms with Crippen LogP contribution in [0.15, 0.2) is 53.5 Å². The van der Waals surface area contributed by atoms with E-state index in [4.69, 9.17) is 16.3 Å². The van der Waals surface area contributed by atoms with E-state index < -0.39 is 0 Å². The van der Waals surface area contributed by atoms with Crippen LogP contribution in [0.1, 0.15) is 36.5 Å². The molecule has 0 aromatic heterocycles. The summed E-state index contributed by atoms with van der Waals surface area (Å²) < 4.78 is 5.82. The van der Waals surface area contributed by atoms with Crippen molar-refractivity contribution < 1.29 is 4.74 Å². The van der Waals surface area contributed by atoms with Crippen molar-refractivity contribution in [3.8, 4) is 5.75 Å². The van der Waals surface area contributed by atoms with E-state index in [9.17, 15) is 0 Å². The fourth-order valence-corrected chi connectivity index (χ4v) is 2.85. The Morgan fingerprint density at radius 2 is 1.96 bits per heavy atom. The zero-order valence-corrected chi connectivity index (χ0v) is 14.7. The maximum Gasteiger partial charge on any atom is 0.119 e. The summed E-state index contributed by atoms with van der Waals surface area (Å²) in [7, 11) is 0. The summed E-state index contributed by atoms with van der Waals surface area (Å²) in [5, 5.41) is 0.753. The van der Waals surface area contributed by atoms with E-state index >= 15 is 0 Å². The molecule has 3 rings (SSSR count). The zero-order chi connectivity index (χ0) is 16.8. The fraction of sp³-hybridized carbons (Fsp3) is 0.286. The molecule has 3 heteroatoms. The molecule has 0 fully saturated rings. The smallest absolute Gasteiger partial charge is 0.119 e. The summed E-state index contributed by atoms with van der Waals surface area (Å²) in [6, 6.07) is 14.2. The van der Waals surface area contributed by atoms with Crippen LogP contribution in [0.25, 0.3) is 6.08 Å². The van der Waals surface area contributed by atoms with Gasteiger partial charge in [-0.05, 0) is 60.4 Å². The van der Waals surface area contributed by atoms with Crippen molar-refractivity contribution in [3.05, 3.63) is 70.3 Å². The third-order valence-electron chi connectivity index (χ3n) is 4.09. The van der Waals surface area contributed by atoms with E-state index in [0.29, 0.717) is 0 Å². The van der Waals surface area contributed by atoms with Crippen molar-refractivity contribution in [1.29, 1.82) is 0 Å². The first-order valence-electron chi connectivity index (χ1n) is 8.50. The minimum Gasteiger partial charge on any atom is -0.494 e. The second kappa shape index (κ2) is 8.16. The van der Waals surface area contributed by atoms with Crippen LogP contribution in [0.3, 0.4) is 0 Å². The molecule has 0 saturated carbocycles. The molecule has 0 radical (unpaired) electrons. The highest BCUT2D eigenvalue weighted by Gasteiger charge is 2.13. The Kier molecular flexibility index (Phi) is 5.71. The van der Waals surface area contributed by atoms with Crippen molar-refractivity contribution >= 4 is 23.4 Å². The second-order valence-electron chi connectivity index (χ2n) is 5.92. The number of ether oxygens (including phenoxy) is 1. The molecule has 0 saturated heterocycles. The van der Waals surface area contributed by atoms with Gasteiger partial charge >= 0.3 is 0 Å². The van der Waals surface area contributed by atoms with E-state index in [0.717, 1.165) is 54.5 Å². The Labute approximate surface area is 148 Å². The number of hydrogen-bond donors (Lipinski definition) is 0. The van der Waals surface area contributed by atoms with Gasteiger partial charge in [0.05, 0.1) is 12.3 Å². The molecule has 0 amide bonds. The molecule has 2 nitrogen and oxygen atoms in total. The van der Waals surface area contributed by atoms with Crippen LogP contribution in [-0.4, -0.2) is 18.9 Å². The summed E-state index contributed by atoms with van der Waals surface area (Å²) in [5.41, 5.74) is 4.67. The van der Waals surface area contributed by atoms with Crippen molar-refractivity contribution in [3.63, 3.8) is 0 Å². The van der Waals surface area contributed by atoms with Gasteiger partial charge in [-0.2, -0.15) is 0 Å². The van der Waals surface area contributed by atoms with Crippen LogP contribution in [0.2, 0.25) is 5.02 Å². The van der Waals surface area contributed by atoms with Gasteiger partial charge in [-0.25, -0.2) is 0 Å². The van der Waals surface area contributed by atoms with E-state index in [1.807, 2.05) is 30.3 Å². The van der Waals surface area contributed by atoms with Crippen molar-refractivity contribution in [2.75, 3.05) is 13.2 Å². The van der Waals surface area contributed by atoms with Crippen LogP contribution in [-0.2, 0) is 6.42 Å². The van der Waals surface area contributed by atoms with Crippen LogP contribution in [0.5, 0.6) is 5.75 Å². The first-order valence-corrected chi connectivity index (χ1v) is 8.88. The van der Waals surface area contributed by atoms with Gasteiger partial charge < -0.3 is 4.74 Å². The lowest BCUT2D eigenvalue weighted by atomic mass is 9.96. The molecule has 0 spiro atoms. The molecule has 0 N–H and O–H groups in total. The summed E-state index contributed by atoms with van der Waals surface area (Å²) in [4.78, 5) is 4.67. The molecule has 24 heavy (non-hydrogen) atoms. The number of unbranched alkanes of at least 4 members (excludes halogenated alkanes) is 1. The van der Waals surface area contributed by atoms with E-state index in [1.165, 1.54) is 11.1 Å². The van der Waals surface area contributed by atoms with Gasteiger partial charge in [-0.1, -0.05) is 43.2 Å². The predicted molar refractivity (Wildman–Crippen MR) is 102 cm³/mol. The largest absolute Gasteiger partial charge is 0.494 e. The molecule has 2 aromatic carbocycles. The number of hydrogen-bond acceptors (Lipinski definition) is 2. The maximum absolute atomic E-state index is 5.93. The number of rotatable bonds is 6. The number of benzene rings is 2.